The van der Waals surface area contributed by atoms with Crippen LogP contribution in [0.4, 0.5) is 26.3 Å². The molecule has 0 bridgehead atoms. The molecule has 1 N–H and O–H groups in total. The predicted molar refractivity (Wildman–Crippen MR) is 129 cm³/mol. The van der Waals surface area contributed by atoms with Crippen molar-refractivity contribution in [1.82, 2.24) is 4.90 Å². The minimum absolute atomic E-state index is 0.0958. The monoisotopic (exact) mass is 557 g/mol. The second kappa shape index (κ2) is 9.91. The molecule has 0 amide bonds. The second-order valence-corrected chi connectivity index (χ2v) is 10.9. The number of hydrogen-bond donors (Lipinski definition) is 1. The quantitative estimate of drug-likeness (QED) is 0.381. The van der Waals surface area contributed by atoms with Gasteiger partial charge in [-0.3, -0.25) is 9.69 Å². The first-order valence-electron chi connectivity index (χ1n) is 12.9. The number of ether oxygens (including phenoxy) is 2. The maximum absolute atomic E-state index is 13.6. The van der Waals surface area contributed by atoms with Gasteiger partial charge in [0.05, 0.1) is 17.0 Å². The van der Waals surface area contributed by atoms with Crippen LogP contribution in [-0.2, 0) is 17.1 Å². The summed E-state index contributed by atoms with van der Waals surface area (Å²) in [6.45, 7) is 4.07. The largest absolute Gasteiger partial charge is 0.486 e. The SMILES string of the molecule is C[C@H](C(=O)O)C(c1ccc2c(c1)O[C@H](C1CN([C@H](C)c3cc(C(F)(F)F)ccc3C(F)(F)F)C1)CO2)C1CC1. The smallest absolute Gasteiger partial charge is 0.416 e. The number of benzene rings is 2. The highest BCUT2D eigenvalue weighted by atomic mass is 19.4. The molecule has 0 spiro atoms. The van der Waals surface area contributed by atoms with Crippen LogP contribution in [0, 0.1) is 17.8 Å². The van der Waals surface area contributed by atoms with E-state index >= 15 is 0 Å². The molecule has 2 fully saturated rings. The van der Waals surface area contributed by atoms with Crippen LogP contribution >= 0.6 is 0 Å². The molecule has 212 valence electrons. The van der Waals surface area contributed by atoms with Crippen molar-refractivity contribution in [3.8, 4) is 11.5 Å². The lowest BCUT2D eigenvalue weighted by Crippen LogP contribution is -2.56. The van der Waals surface area contributed by atoms with Crippen LogP contribution in [0.2, 0.25) is 0 Å². The highest BCUT2D eigenvalue weighted by Crippen LogP contribution is 2.49. The third-order valence-electron chi connectivity index (χ3n) is 8.24. The van der Waals surface area contributed by atoms with Gasteiger partial charge < -0.3 is 14.6 Å². The number of nitrogens with zero attached hydrogens (tertiary/aromatic N) is 1. The van der Waals surface area contributed by atoms with Gasteiger partial charge in [0, 0.05) is 25.0 Å². The van der Waals surface area contributed by atoms with Crippen molar-refractivity contribution in [2.45, 2.75) is 57.1 Å². The molecule has 1 saturated heterocycles. The Morgan fingerprint density at radius 3 is 2.26 bits per heavy atom. The lowest BCUT2D eigenvalue weighted by Gasteiger charge is -2.47. The van der Waals surface area contributed by atoms with Gasteiger partial charge in [-0.2, -0.15) is 26.3 Å². The zero-order valence-corrected chi connectivity index (χ0v) is 21.4. The Bertz CT molecular complexity index is 1240. The van der Waals surface area contributed by atoms with Gasteiger partial charge in [-0.15, -0.1) is 0 Å². The number of alkyl halides is 6. The summed E-state index contributed by atoms with van der Waals surface area (Å²) in [6.07, 6.45) is -7.99. The molecule has 4 atom stereocenters. The summed E-state index contributed by atoms with van der Waals surface area (Å²) in [6, 6.07) is 6.12. The maximum Gasteiger partial charge on any atom is 0.416 e. The first kappa shape index (κ1) is 27.6. The number of carboxylic acid groups (broad SMARTS) is 1. The normalized spacial score (nSPS) is 22.6. The Labute approximate surface area is 221 Å². The molecule has 5 rings (SSSR count). The Balaban J connectivity index is 1.29. The van der Waals surface area contributed by atoms with Crippen molar-refractivity contribution in [2.75, 3.05) is 19.7 Å². The molecule has 39 heavy (non-hydrogen) atoms. The zero-order chi connectivity index (χ0) is 28.3. The van der Waals surface area contributed by atoms with E-state index in [4.69, 9.17) is 9.47 Å². The molecule has 1 saturated carbocycles. The van der Waals surface area contributed by atoms with Crippen molar-refractivity contribution in [3.63, 3.8) is 0 Å². The van der Waals surface area contributed by atoms with E-state index in [1.54, 1.807) is 17.9 Å². The van der Waals surface area contributed by atoms with E-state index in [-0.39, 0.29) is 18.4 Å². The van der Waals surface area contributed by atoms with Crippen LogP contribution in [0.1, 0.15) is 60.9 Å². The molecule has 5 nitrogen and oxygen atoms in total. The van der Waals surface area contributed by atoms with E-state index in [2.05, 4.69) is 0 Å². The Morgan fingerprint density at radius 1 is 0.974 bits per heavy atom. The average molecular weight is 558 g/mol. The number of carboxylic acids is 1. The van der Waals surface area contributed by atoms with Gasteiger partial charge in [0.25, 0.3) is 0 Å². The Hall–Kier alpha value is -2.95. The minimum atomic E-state index is -4.78. The third kappa shape index (κ3) is 5.55. The third-order valence-corrected chi connectivity index (χ3v) is 8.24. The van der Waals surface area contributed by atoms with Crippen molar-refractivity contribution >= 4 is 5.97 Å². The number of carbonyl (C=O) groups is 1. The average Bonchev–Trinajstić information content (AvgIpc) is 3.66. The summed E-state index contributed by atoms with van der Waals surface area (Å²) in [7, 11) is 0. The number of hydrogen-bond acceptors (Lipinski definition) is 4. The summed E-state index contributed by atoms with van der Waals surface area (Å²) in [5, 5.41) is 9.57. The van der Waals surface area contributed by atoms with E-state index in [1.165, 1.54) is 6.92 Å². The summed E-state index contributed by atoms with van der Waals surface area (Å²) in [5.41, 5.74) is -1.74. The van der Waals surface area contributed by atoms with Crippen LogP contribution in [-0.4, -0.2) is 41.8 Å². The lowest BCUT2D eigenvalue weighted by molar-refractivity contribution is -0.142. The Kier molecular flexibility index (Phi) is 7.01. The van der Waals surface area contributed by atoms with E-state index in [0.29, 0.717) is 48.7 Å². The highest BCUT2D eigenvalue weighted by molar-refractivity contribution is 5.71. The van der Waals surface area contributed by atoms with Crippen molar-refractivity contribution in [3.05, 3.63) is 58.7 Å². The number of rotatable bonds is 7. The molecule has 2 aromatic rings. The van der Waals surface area contributed by atoms with Gasteiger partial charge in [-0.1, -0.05) is 13.0 Å². The van der Waals surface area contributed by atoms with Gasteiger partial charge in [0.15, 0.2) is 11.5 Å². The summed E-state index contributed by atoms with van der Waals surface area (Å²) in [5.74, 6) is -0.332. The summed E-state index contributed by atoms with van der Waals surface area (Å²) < 4.78 is 92.6. The standard InChI is InChI=1S/C28H29F6NO4/c1-14(26(36)37)25(16-3-4-16)17-5-8-22-23(9-17)39-24(13-38-22)18-11-35(12-18)15(2)20-10-19(27(29,30)31)6-7-21(20)28(32,33)34/h5-10,14-16,18,24-25H,3-4,11-13H2,1-2H3,(H,36,37)/t14-,15+,24-,25?/m0/s1. The molecule has 2 heterocycles. The van der Waals surface area contributed by atoms with Crippen LogP contribution < -0.4 is 9.47 Å². The fourth-order valence-electron chi connectivity index (χ4n) is 5.76. The molecule has 1 aliphatic carbocycles. The fourth-order valence-corrected chi connectivity index (χ4v) is 5.76. The van der Waals surface area contributed by atoms with Crippen LogP contribution in [0.25, 0.3) is 0 Å². The lowest BCUT2D eigenvalue weighted by atomic mass is 9.83. The number of likely N-dealkylation sites (tertiary alicyclic amines) is 1. The highest BCUT2D eigenvalue weighted by Gasteiger charge is 2.44. The van der Waals surface area contributed by atoms with Crippen molar-refractivity contribution < 1.29 is 45.7 Å². The van der Waals surface area contributed by atoms with Crippen LogP contribution in [0.5, 0.6) is 11.5 Å². The molecular weight excluding hydrogens is 528 g/mol. The van der Waals surface area contributed by atoms with Crippen LogP contribution in [0.3, 0.4) is 0 Å². The van der Waals surface area contributed by atoms with Crippen molar-refractivity contribution in [1.29, 1.82) is 0 Å². The summed E-state index contributed by atoms with van der Waals surface area (Å²) >= 11 is 0. The van der Waals surface area contributed by atoms with Crippen molar-refractivity contribution in [2.24, 2.45) is 17.8 Å². The predicted octanol–water partition coefficient (Wildman–Crippen LogP) is 6.77. The summed E-state index contributed by atoms with van der Waals surface area (Å²) in [4.78, 5) is 13.4. The molecule has 1 unspecified atom stereocenters. The molecule has 2 aromatic carbocycles. The maximum atomic E-state index is 13.6. The van der Waals surface area contributed by atoms with Crippen LogP contribution in [0.15, 0.2) is 36.4 Å². The molecule has 11 heteroatoms. The molecule has 0 radical (unpaired) electrons. The van der Waals surface area contributed by atoms with Gasteiger partial charge in [0.1, 0.15) is 12.7 Å². The topological polar surface area (TPSA) is 59.0 Å². The number of aliphatic carboxylic acids is 1. The van der Waals surface area contributed by atoms with Gasteiger partial charge in [-0.05, 0) is 73.1 Å². The molecule has 3 aliphatic rings. The number of fused-ring (bicyclic) bond motifs is 1. The Morgan fingerprint density at radius 2 is 1.67 bits per heavy atom. The molecular formula is C28H29F6NO4. The van der Waals surface area contributed by atoms with Gasteiger partial charge >= 0.3 is 18.3 Å². The van der Waals surface area contributed by atoms with E-state index < -0.39 is 53.1 Å². The van der Waals surface area contributed by atoms with E-state index in [9.17, 15) is 36.2 Å². The second-order valence-electron chi connectivity index (χ2n) is 10.9. The number of halogens is 6. The minimum Gasteiger partial charge on any atom is -0.486 e. The zero-order valence-electron chi connectivity index (χ0n) is 21.4. The first-order chi connectivity index (χ1) is 18.2. The van der Waals surface area contributed by atoms with Gasteiger partial charge in [0.2, 0.25) is 0 Å². The fraction of sp³-hybridized carbons (Fsp3) is 0.536. The molecule has 2 aliphatic heterocycles. The molecule has 0 aromatic heterocycles. The van der Waals surface area contributed by atoms with Gasteiger partial charge in [-0.25, -0.2) is 0 Å². The van der Waals surface area contributed by atoms with E-state index in [0.717, 1.165) is 18.4 Å². The van der Waals surface area contributed by atoms with E-state index in [1.807, 2.05) is 12.1 Å². The first-order valence-corrected chi connectivity index (χ1v) is 12.9.